The van der Waals surface area contributed by atoms with Gasteiger partial charge in [-0.05, 0) is 19.2 Å². The fourth-order valence-corrected chi connectivity index (χ4v) is 1.87. The van der Waals surface area contributed by atoms with Gasteiger partial charge in [0.15, 0.2) is 0 Å². The number of pyridine rings is 1. The van der Waals surface area contributed by atoms with Crippen LogP contribution in [0.2, 0.25) is 0 Å². The van der Waals surface area contributed by atoms with Crippen LogP contribution in [0.5, 0.6) is 0 Å². The molecule has 0 saturated heterocycles. The zero-order valence-electron chi connectivity index (χ0n) is 9.49. The van der Waals surface area contributed by atoms with Crippen molar-refractivity contribution in [2.45, 2.75) is 26.3 Å². The summed E-state index contributed by atoms with van der Waals surface area (Å²) in [6, 6.07) is 6.31. The summed E-state index contributed by atoms with van der Waals surface area (Å²) in [5.41, 5.74) is 2.43. The molecule has 0 saturated carbocycles. The number of fused-ring (bicyclic) bond motifs is 1. The average molecular weight is 203 g/mol. The molecule has 80 valence electrons. The van der Waals surface area contributed by atoms with Gasteiger partial charge in [-0.2, -0.15) is 0 Å². The van der Waals surface area contributed by atoms with Crippen molar-refractivity contribution >= 4 is 5.52 Å². The molecule has 0 amide bonds. The van der Waals surface area contributed by atoms with Crippen LogP contribution in [0.4, 0.5) is 0 Å². The molecule has 0 unspecified atom stereocenters. The molecular weight excluding hydrogens is 186 g/mol. The maximum atomic E-state index is 4.47. The molecule has 0 aromatic carbocycles. The summed E-state index contributed by atoms with van der Waals surface area (Å²) in [6.07, 6.45) is 1.94. The van der Waals surface area contributed by atoms with E-state index in [1.165, 1.54) is 11.2 Å². The molecule has 0 aliphatic heterocycles. The predicted molar refractivity (Wildman–Crippen MR) is 62.0 cm³/mol. The summed E-state index contributed by atoms with van der Waals surface area (Å²) in [7, 11) is 1.96. The van der Waals surface area contributed by atoms with Gasteiger partial charge in [0.2, 0.25) is 0 Å². The number of nitrogens with zero attached hydrogens (tertiary/aromatic N) is 2. The summed E-state index contributed by atoms with van der Waals surface area (Å²) >= 11 is 0. The van der Waals surface area contributed by atoms with Crippen molar-refractivity contribution in [3.8, 4) is 0 Å². The Bertz CT molecular complexity index is 457. The van der Waals surface area contributed by atoms with Gasteiger partial charge in [-0.25, -0.2) is 4.98 Å². The van der Waals surface area contributed by atoms with Crippen molar-refractivity contribution in [3.63, 3.8) is 0 Å². The van der Waals surface area contributed by atoms with Gasteiger partial charge in [0.25, 0.3) is 0 Å². The predicted octanol–water partition coefficient (Wildman–Crippen LogP) is 2.18. The average Bonchev–Trinajstić information content (AvgIpc) is 2.62. The van der Waals surface area contributed by atoms with Crippen LogP contribution in [0.1, 0.15) is 31.3 Å². The highest BCUT2D eigenvalue weighted by Crippen LogP contribution is 2.17. The molecule has 0 bridgehead atoms. The van der Waals surface area contributed by atoms with Gasteiger partial charge in [0.1, 0.15) is 5.82 Å². The largest absolute Gasteiger partial charge is 0.314 e. The van der Waals surface area contributed by atoms with Crippen molar-refractivity contribution in [1.29, 1.82) is 0 Å². The van der Waals surface area contributed by atoms with Crippen molar-refractivity contribution in [1.82, 2.24) is 14.7 Å². The van der Waals surface area contributed by atoms with Crippen LogP contribution in [0, 0.1) is 0 Å². The molecule has 0 aliphatic rings. The monoisotopic (exact) mass is 203 g/mol. The van der Waals surface area contributed by atoms with Crippen molar-refractivity contribution < 1.29 is 0 Å². The van der Waals surface area contributed by atoms with Crippen LogP contribution in [-0.4, -0.2) is 16.4 Å². The zero-order chi connectivity index (χ0) is 10.8. The van der Waals surface area contributed by atoms with Crippen LogP contribution in [0.15, 0.2) is 24.4 Å². The Morgan fingerprint density at radius 1 is 1.40 bits per heavy atom. The minimum atomic E-state index is 0.450. The molecule has 3 heteroatoms. The lowest BCUT2D eigenvalue weighted by molar-refractivity contribution is 0.720. The number of hydrogen-bond acceptors (Lipinski definition) is 2. The van der Waals surface area contributed by atoms with Gasteiger partial charge < -0.3 is 5.32 Å². The zero-order valence-corrected chi connectivity index (χ0v) is 9.49. The second-order valence-corrected chi connectivity index (χ2v) is 4.08. The van der Waals surface area contributed by atoms with Gasteiger partial charge >= 0.3 is 0 Å². The fraction of sp³-hybridized carbons (Fsp3) is 0.417. The van der Waals surface area contributed by atoms with E-state index < -0.39 is 0 Å². The van der Waals surface area contributed by atoms with E-state index in [0.29, 0.717) is 5.92 Å². The van der Waals surface area contributed by atoms with Crippen LogP contribution >= 0.6 is 0 Å². The lowest BCUT2D eigenvalue weighted by atomic mass is 10.2. The Balaban J connectivity index is 2.63. The standard InChI is InChI=1S/C12H17N3/c1-9(2)12-14-8-11-6-4-5-10(7-13-3)15(11)12/h4-6,8-9,13H,7H2,1-3H3. The summed E-state index contributed by atoms with van der Waals surface area (Å²) in [6.45, 7) is 5.21. The third kappa shape index (κ3) is 1.75. The fourth-order valence-electron chi connectivity index (χ4n) is 1.87. The molecule has 2 aromatic heterocycles. The summed E-state index contributed by atoms with van der Waals surface area (Å²) in [4.78, 5) is 4.47. The third-order valence-electron chi connectivity index (χ3n) is 2.53. The summed E-state index contributed by atoms with van der Waals surface area (Å²) in [5.74, 6) is 1.58. The normalized spacial score (nSPS) is 11.5. The van der Waals surface area contributed by atoms with Crippen LogP contribution < -0.4 is 5.32 Å². The molecule has 2 rings (SSSR count). The highest BCUT2D eigenvalue weighted by atomic mass is 15.0. The van der Waals surface area contributed by atoms with E-state index in [1.54, 1.807) is 0 Å². The SMILES string of the molecule is CNCc1cccc2cnc(C(C)C)n12. The Morgan fingerprint density at radius 3 is 2.87 bits per heavy atom. The number of aromatic nitrogens is 2. The van der Waals surface area contributed by atoms with E-state index in [2.05, 4.69) is 46.7 Å². The minimum Gasteiger partial charge on any atom is -0.314 e. The van der Waals surface area contributed by atoms with Crippen molar-refractivity contribution in [3.05, 3.63) is 35.9 Å². The van der Waals surface area contributed by atoms with Gasteiger partial charge in [-0.3, -0.25) is 4.40 Å². The maximum absolute atomic E-state index is 4.47. The van der Waals surface area contributed by atoms with Crippen molar-refractivity contribution in [2.24, 2.45) is 0 Å². The summed E-state index contributed by atoms with van der Waals surface area (Å²) < 4.78 is 2.24. The molecule has 0 spiro atoms. The second kappa shape index (κ2) is 4.03. The third-order valence-corrected chi connectivity index (χ3v) is 2.53. The molecule has 0 fully saturated rings. The van der Waals surface area contributed by atoms with Crippen LogP contribution in [0.3, 0.4) is 0 Å². The highest BCUT2D eigenvalue weighted by Gasteiger charge is 2.09. The number of nitrogens with one attached hydrogen (secondary N) is 1. The Kier molecular flexibility index (Phi) is 2.73. The molecule has 1 N–H and O–H groups in total. The summed E-state index contributed by atoms with van der Waals surface area (Å²) in [5, 5.41) is 3.18. The Hall–Kier alpha value is -1.35. The quantitative estimate of drug-likeness (QED) is 0.828. The Labute approximate surface area is 90.1 Å². The molecule has 3 nitrogen and oxygen atoms in total. The van der Waals surface area contributed by atoms with E-state index in [9.17, 15) is 0 Å². The molecule has 0 aliphatic carbocycles. The first-order chi connectivity index (χ1) is 7.24. The first kappa shape index (κ1) is 10.2. The van der Waals surface area contributed by atoms with Gasteiger partial charge in [0, 0.05) is 18.2 Å². The molecular formula is C12H17N3. The van der Waals surface area contributed by atoms with Gasteiger partial charge in [0.05, 0.1) is 11.7 Å². The number of hydrogen-bond donors (Lipinski definition) is 1. The van der Waals surface area contributed by atoms with Crippen molar-refractivity contribution in [2.75, 3.05) is 7.05 Å². The molecule has 0 radical (unpaired) electrons. The second-order valence-electron chi connectivity index (χ2n) is 4.08. The van der Waals surface area contributed by atoms with E-state index in [0.717, 1.165) is 12.4 Å². The maximum Gasteiger partial charge on any atom is 0.116 e. The molecule has 2 aromatic rings. The number of imidazole rings is 1. The van der Waals surface area contributed by atoms with E-state index in [4.69, 9.17) is 0 Å². The highest BCUT2D eigenvalue weighted by molar-refractivity contribution is 5.47. The molecule has 15 heavy (non-hydrogen) atoms. The molecule has 0 atom stereocenters. The lowest BCUT2D eigenvalue weighted by Crippen LogP contribution is -2.11. The topological polar surface area (TPSA) is 29.3 Å². The minimum absolute atomic E-state index is 0.450. The van der Waals surface area contributed by atoms with Gasteiger partial charge in [-0.15, -0.1) is 0 Å². The van der Waals surface area contributed by atoms with Crippen LogP contribution in [0.25, 0.3) is 5.52 Å². The van der Waals surface area contributed by atoms with Crippen LogP contribution in [-0.2, 0) is 6.54 Å². The Morgan fingerprint density at radius 2 is 2.20 bits per heavy atom. The first-order valence-corrected chi connectivity index (χ1v) is 5.34. The van der Waals surface area contributed by atoms with E-state index in [1.807, 2.05) is 13.2 Å². The number of rotatable bonds is 3. The smallest absolute Gasteiger partial charge is 0.116 e. The first-order valence-electron chi connectivity index (χ1n) is 5.34. The van der Waals surface area contributed by atoms with E-state index >= 15 is 0 Å². The lowest BCUT2D eigenvalue weighted by Gasteiger charge is -2.10. The van der Waals surface area contributed by atoms with E-state index in [-0.39, 0.29) is 0 Å². The van der Waals surface area contributed by atoms with Gasteiger partial charge in [-0.1, -0.05) is 19.9 Å². The molecule has 2 heterocycles.